The lowest BCUT2D eigenvalue weighted by molar-refractivity contribution is 0.898. The zero-order valence-corrected chi connectivity index (χ0v) is 19.6. The highest BCUT2D eigenvalue weighted by Crippen LogP contribution is 2.06. The van der Waals surface area contributed by atoms with E-state index in [2.05, 4.69) is 15.0 Å². The minimum absolute atomic E-state index is 0.123. The van der Waals surface area contributed by atoms with Crippen molar-refractivity contribution in [2.24, 2.45) is 0 Å². The Morgan fingerprint density at radius 3 is 1.88 bits per heavy atom. The van der Waals surface area contributed by atoms with Gasteiger partial charge in [-0.15, -0.1) is 0 Å². The molecule has 4 heterocycles. The summed E-state index contributed by atoms with van der Waals surface area (Å²) in [6.45, 7) is 10.8. The van der Waals surface area contributed by atoms with E-state index in [0.29, 0.717) is 22.1 Å². The molecule has 0 aliphatic carbocycles. The van der Waals surface area contributed by atoms with E-state index in [4.69, 9.17) is 0 Å². The molecule has 0 aromatic carbocycles. The lowest BCUT2D eigenvalue weighted by Gasteiger charge is -2.05. The van der Waals surface area contributed by atoms with E-state index >= 15 is 0 Å². The fourth-order valence-electron chi connectivity index (χ4n) is 3.83. The van der Waals surface area contributed by atoms with Crippen LogP contribution in [0.3, 0.4) is 0 Å². The van der Waals surface area contributed by atoms with Crippen molar-refractivity contribution in [3.05, 3.63) is 93.3 Å². The van der Waals surface area contributed by atoms with E-state index in [0.717, 1.165) is 25.2 Å². The summed E-state index contributed by atoms with van der Waals surface area (Å²) in [6.07, 6.45) is 2.71. The molecule has 0 aliphatic rings. The molecule has 0 unspecified atom stereocenters. The van der Waals surface area contributed by atoms with Gasteiger partial charge < -0.3 is 0 Å². The van der Waals surface area contributed by atoms with E-state index < -0.39 is 22.4 Å². The summed E-state index contributed by atoms with van der Waals surface area (Å²) in [5.41, 5.74) is 1.83. The third-order valence-corrected chi connectivity index (χ3v) is 5.23. The predicted octanol–water partition coefficient (Wildman–Crippen LogP) is -0.188. The van der Waals surface area contributed by atoms with Crippen molar-refractivity contribution in [2.75, 3.05) is 0 Å². The quantitative estimate of drug-likeness (QED) is 0.353. The minimum Gasteiger partial charge on any atom is -0.269 e. The van der Waals surface area contributed by atoms with Crippen molar-refractivity contribution in [3.8, 4) is 6.07 Å². The first-order chi connectivity index (χ1) is 16.0. The van der Waals surface area contributed by atoms with Crippen LogP contribution in [0, 0.1) is 25.2 Å². The van der Waals surface area contributed by atoms with E-state index in [9.17, 15) is 24.4 Å². The maximum absolute atomic E-state index is 12.3. The topological polar surface area (TPSA) is 140 Å². The van der Waals surface area contributed by atoms with Gasteiger partial charge in [-0.25, -0.2) is 23.6 Å². The predicted molar refractivity (Wildman–Crippen MR) is 127 cm³/mol. The number of nitriles is 1. The first-order valence-electron chi connectivity index (χ1n) is 10.3. The fraction of sp³-hybridized carbons (Fsp3) is 0.250. The summed E-state index contributed by atoms with van der Waals surface area (Å²) < 4.78 is 1.95. The highest BCUT2D eigenvalue weighted by atomic mass is 16.2. The van der Waals surface area contributed by atoms with Crippen LogP contribution in [0.4, 0.5) is 0 Å². The van der Waals surface area contributed by atoms with E-state index in [1.807, 2.05) is 19.9 Å². The van der Waals surface area contributed by atoms with Crippen LogP contribution in [-0.2, 0) is 0 Å². The second-order valence-corrected chi connectivity index (χ2v) is 8.03. The molecule has 4 aromatic rings. The van der Waals surface area contributed by atoms with Gasteiger partial charge in [-0.1, -0.05) is 11.1 Å². The van der Waals surface area contributed by atoms with Crippen molar-refractivity contribution in [1.29, 1.82) is 5.26 Å². The zero-order chi connectivity index (χ0) is 25.3. The number of aryl methyl sites for hydroxylation is 1. The van der Waals surface area contributed by atoms with Crippen molar-refractivity contribution < 1.29 is 0 Å². The van der Waals surface area contributed by atoms with Crippen LogP contribution in [0.15, 0.2) is 43.7 Å². The van der Waals surface area contributed by atoms with Crippen molar-refractivity contribution in [1.82, 2.24) is 23.8 Å². The van der Waals surface area contributed by atoms with Crippen molar-refractivity contribution in [2.45, 2.75) is 41.5 Å². The number of pyridine rings is 1. The summed E-state index contributed by atoms with van der Waals surface area (Å²) in [5, 5.41) is 10.4. The summed E-state index contributed by atoms with van der Waals surface area (Å²) in [4.78, 5) is 59.1. The summed E-state index contributed by atoms with van der Waals surface area (Å²) in [6, 6.07) is 4.47. The summed E-state index contributed by atoms with van der Waals surface area (Å²) in [5.74, 6) is 0. The average Bonchev–Trinajstić information content (AvgIpc) is 2.73. The molecule has 0 radical (unpaired) electrons. The molecule has 4 aromatic heterocycles. The highest BCUT2D eigenvalue weighted by molar-refractivity contribution is 5.60. The summed E-state index contributed by atoms with van der Waals surface area (Å²) >= 11 is 0. The van der Waals surface area contributed by atoms with Gasteiger partial charge in [0.05, 0.1) is 11.3 Å². The molecule has 0 atom stereocenters. The van der Waals surface area contributed by atoms with Gasteiger partial charge in [0.2, 0.25) is 0 Å². The maximum Gasteiger partial charge on any atom is 0.356 e. The van der Waals surface area contributed by atoms with Crippen LogP contribution in [0.25, 0.3) is 22.4 Å². The first kappa shape index (κ1) is 24.1. The van der Waals surface area contributed by atoms with E-state index in [1.54, 1.807) is 27.7 Å². The normalized spacial score (nSPS) is 10.5. The first-order valence-corrected chi connectivity index (χ1v) is 10.3. The molecule has 0 spiro atoms. The third-order valence-electron chi connectivity index (χ3n) is 5.23. The Labute approximate surface area is 192 Å². The molecule has 172 valence electrons. The molecule has 0 saturated carbocycles. The Bertz CT molecular complexity index is 1860. The Kier molecular flexibility index (Phi) is 6.49. The number of aromatic nitrogens is 5. The largest absolute Gasteiger partial charge is 0.356 e. The Morgan fingerprint density at radius 2 is 1.35 bits per heavy atom. The van der Waals surface area contributed by atoms with Crippen LogP contribution < -0.4 is 32.8 Å². The van der Waals surface area contributed by atoms with E-state index in [-0.39, 0.29) is 11.2 Å². The van der Waals surface area contributed by atoms with Crippen LogP contribution in [-0.4, -0.2) is 23.8 Å². The molecule has 10 nitrogen and oxygen atoms in total. The standard InChI is InChI=1S/C13H11N3O2.C11H11N3O2/c1-7(2)11-8(3)9(6-14)12-15-5-4-10(17)16(12)13(11)18;1-6(2)9-7(3)13-11(16)14-8(15)4-5-12-10(9)14/h4-5H,1-3H3;4-5H,1-3H3. The number of rotatable bonds is 0. The average molecular weight is 458 g/mol. The van der Waals surface area contributed by atoms with Gasteiger partial charge >= 0.3 is 5.69 Å². The molecule has 0 fully saturated rings. The van der Waals surface area contributed by atoms with Crippen LogP contribution >= 0.6 is 0 Å². The van der Waals surface area contributed by atoms with Gasteiger partial charge in [0, 0.05) is 35.0 Å². The van der Waals surface area contributed by atoms with Crippen molar-refractivity contribution >= 4 is 22.4 Å². The lowest BCUT2D eigenvalue weighted by Crippen LogP contribution is -2.40. The fourth-order valence-corrected chi connectivity index (χ4v) is 3.83. The molecular formula is C24H22N6O4. The molecule has 4 rings (SSSR count). The molecule has 34 heavy (non-hydrogen) atoms. The van der Waals surface area contributed by atoms with Crippen LogP contribution in [0.1, 0.15) is 44.5 Å². The highest BCUT2D eigenvalue weighted by Gasteiger charge is 2.13. The van der Waals surface area contributed by atoms with Gasteiger partial charge in [0.25, 0.3) is 16.7 Å². The SMILES string of the molecule is CC(C)=c1c(C)c(C#N)c2nccc(=O)n2c1=O.CC(C)=c1c(C)nc(=O)n2c(=O)ccnc12. The molecule has 10 heteroatoms. The molecule has 0 saturated heterocycles. The van der Waals surface area contributed by atoms with Gasteiger partial charge in [0.1, 0.15) is 6.07 Å². The molecule has 0 amide bonds. The van der Waals surface area contributed by atoms with Gasteiger partial charge in [0.15, 0.2) is 11.3 Å². The number of hydrogen-bond acceptors (Lipinski definition) is 8. The van der Waals surface area contributed by atoms with Gasteiger partial charge in [-0.05, 0) is 47.1 Å². The molecule has 0 aliphatic heterocycles. The van der Waals surface area contributed by atoms with Gasteiger partial charge in [-0.2, -0.15) is 10.2 Å². The third kappa shape index (κ3) is 3.99. The van der Waals surface area contributed by atoms with E-state index in [1.165, 1.54) is 24.5 Å². The number of nitrogens with zero attached hydrogens (tertiary/aromatic N) is 6. The molecule has 0 bridgehead atoms. The van der Waals surface area contributed by atoms with Crippen molar-refractivity contribution in [3.63, 3.8) is 0 Å². The zero-order valence-electron chi connectivity index (χ0n) is 19.6. The Balaban J connectivity index is 0.000000192. The van der Waals surface area contributed by atoms with Crippen LogP contribution in [0.5, 0.6) is 0 Å². The molecular weight excluding hydrogens is 436 g/mol. The monoisotopic (exact) mass is 458 g/mol. The van der Waals surface area contributed by atoms with Crippen LogP contribution in [0.2, 0.25) is 0 Å². The second-order valence-electron chi connectivity index (χ2n) is 8.03. The lowest BCUT2D eigenvalue weighted by atomic mass is 10.1. The maximum atomic E-state index is 12.3. The Morgan fingerprint density at radius 1 is 0.824 bits per heavy atom. The van der Waals surface area contributed by atoms with Gasteiger partial charge in [-0.3, -0.25) is 14.4 Å². The summed E-state index contributed by atoms with van der Waals surface area (Å²) in [7, 11) is 0. The number of fused-ring (bicyclic) bond motifs is 2. The second kappa shape index (κ2) is 9.15. The number of hydrogen-bond donors (Lipinski definition) is 0. The Hall–Kier alpha value is -4.52. The smallest absolute Gasteiger partial charge is 0.269 e. The molecule has 0 N–H and O–H groups in total. The minimum atomic E-state index is -0.574.